The molecule has 1 aliphatic heterocycles. The zero-order chi connectivity index (χ0) is 19.1. The summed E-state index contributed by atoms with van der Waals surface area (Å²) in [5, 5.41) is 10.8. The number of methoxy groups -OCH3 is 1. The lowest BCUT2D eigenvalue weighted by molar-refractivity contribution is -0.132. The van der Waals surface area contributed by atoms with Gasteiger partial charge in [0.2, 0.25) is 5.91 Å². The molecule has 0 bridgehead atoms. The van der Waals surface area contributed by atoms with E-state index < -0.39 is 5.54 Å². The first kappa shape index (κ1) is 22.2. The van der Waals surface area contributed by atoms with Crippen LogP contribution in [0.3, 0.4) is 0 Å². The van der Waals surface area contributed by atoms with Crippen LogP contribution in [0.15, 0.2) is 36.7 Å². The van der Waals surface area contributed by atoms with Gasteiger partial charge in [0.25, 0.3) is 0 Å². The first-order valence-corrected chi connectivity index (χ1v) is 9.36. The Bertz CT molecular complexity index is 746. The molecule has 28 heavy (non-hydrogen) atoms. The summed E-state index contributed by atoms with van der Waals surface area (Å²) in [4.78, 5) is 13.2. The number of halogens is 1. The average molecular weight is 409 g/mol. The maximum atomic E-state index is 13.2. The summed E-state index contributed by atoms with van der Waals surface area (Å²) in [6.45, 7) is 5.02. The SMILES string of the molecule is COCCOc1cc(C)ccc1CNC(=O)C1(n2cccn2)CCNCC1.Cl. The van der Waals surface area contributed by atoms with Crippen LogP contribution in [0.2, 0.25) is 0 Å². The van der Waals surface area contributed by atoms with E-state index in [9.17, 15) is 4.79 Å². The van der Waals surface area contributed by atoms with Crippen molar-refractivity contribution in [3.05, 3.63) is 47.8 Å². The first-order chi connectivity index (χ1) is 13.2. The van der Waals surface area contributed by atoms with E-state index >= 15 is 0 Å². The van der Waals surface area contributed by atoms with Gasteiger partial charge in [-0.25, -0.2) is 0 Å². The highest BCUT2D eigenvalue weighted by Gasteiger charge is 2.41. The molecule has 1 amide bonds. The number of ether oxygens (including phenoxy) is 2. The fraction of sp³-hybridized carbons (Fsp3) is 0.500. The van der Waals surface area contributed by atoms with Gasteiger partial charge < -0.3 is 20.1 Å². The van der Waals surface area contributed by atoms with Crippen molar-refractivity contribution in [1.29, 1.82) is 0 Å². The predicted octanol–water partition coefficient (Wildman–Crippen LogP) is 2.03. The Morgan fingerprint density at radius 2 is 2.11 bits per heavy atom. The number of hydrogen-bond acceptors (Lipinski definition) is 5. The molecule has 0 saturated carbocycles. The van der Waals surface area contributed by atoms with E-state index in [1.165, 1.54) is 0 Å². The van der Waals surface area contributed by atoms with E-state index in [2.05, 4.69) is 15.7 Å². The molecule has 0 unspecified atom stereocenters. The van der Waals surface area contributed by atoms with E-state index in [4.69, 9.17) is 9.47 Å². The van der Waals surface area contributed by atoms with Gasteiger partial charge in [0, 0.05) is 31.6 Å². The van der Waals surface area contributed by atoms with Gasteiger partial charge in [0.1, 0.15) is 17.9 Å². The molecular formula is C20H29ClN4O3. The predicted molar refractivity (Wildman–Crippen MR) is 110 cm³/mol. The number of piperidine rings is 1. The quantitative estimate of drug-likeness (QED) is 0.653. The molecule has 8 heteroatoms. The highest BCUT2D eigenvalue weighted by molar-refractivity contribution is 5.85. The van der Waals surface area contributed by atoms with Crippen molar-refractivity contribution in [2.75, 3.05) is 33.4 Å². The standard InChI is InChI=1S/C20H28N4O3.ClH/c1-16-4-5-17(18(14-16)27-13-12-26-2)15-22-19(25)20(6-9-21-10-7-20)24-11-3-8-23-24;/h3-5,8,11,14,21H,6-7,9-10,12-13,15H2,1-2H3,(H,22,25);1H. The van der Waals surface area contributed by atoms with Crippen molar-refractivity contribution in [3.63, 3.8) is 0 Å². The Morgan fingerprint density at radius 3 is 2.79 bits per heavy atom. The van der Waals surface area contributed by atoms with E-state index in [0.717, 1.165) is 30.0 Å². The fourth-order valence-electron chi connectivity index (χ4n) is 3.44. The minimum atomic E-state index is -0.642. The van der Waals surface area contributed by atoms with Crippen LogP contribution >= 0.6 is 12.4 Å². The summed E-state index contributed by atoms with van der Waals surface area (Å²) >= 11 is 0. The number of nitrogens with one attached hydrogen (secondary N) is 2. The Labute approximate surface area is 172 Å². The molecule has 154 valence electrons. The van der Waals surface area contributed by atoms with Gasteiger partial charge in [-0.1, -0.05) is 12.1 Å². The van der Waals surface area contributed by atoms with Crippen LogP contribution < -0.4 is 15.4 Å². The number of nitrogens with zero attached hydrogens (tertiary/aromatic N) is 2. The highest BCUT2D eigenvalue weighted by atomic mass is 35.5. The molecule has 0 spiro atoms. The van der Waals surface area contributed by atoms with Gasteiger partial charge in [-0.2, -0.15) is 5.10 Å². The second-order valence-corrected chi connectivity index (χ2v) is 6.87. The average Bonchev–Trinajstić information content (AvgIpc) is 3.23. The zero-order valence-electron chi connectivity index (χ0n) is 16.4. The normalized spacial score (nSPS) is 15.5. The van der Waals surface area contributed by atoms with Crippen LogP contribution in [-0.4, -0.2) is 49.1 Å². The minimum absolute atomic E-state index is 0. The molecule has 7 nitrogen and oxygen atoms in total. The van der Waals surface area contributed by atoms with Crippen LogP contribution in [-0.2, 0) is 21.6 Å². The Morgan fingerprint density at radius 1 is 1.32 bits per heavy atom. The monoisotopic (exact) mass is 408 g/mol. The molecule has 2 N–H and O–H groups in total. The van der Waals surface area contributed by atoms with Crippen LogP contribution in [0.25, 0.3) is 0 Å². The lowest BCUT2D eigenvalue weighted by atomic mass is 9.87. The van der Waals surface area contributed by atoms with Crippen LogP contribution in [0.1, 0.15) is 24.0 Å². The van der Waals surface area contributed by atoms with Gasteiger partial charge in [-0.15, -0.1) is 12.4 Å². The van der Waals surface area contributed by atoms with Gasteiger partial charge in [-0.05, 0) is 50.6 Å². The third-order valence-electron chi connectivity index (χ3n) is 5.00. The van der Waals surface area contributed by atoms with Crippen LogP contribution in [0.4, 0.5) is 0 Å². The lowest BCUT2D eigenvalue weighted by Gasteiger charge is -2.36. The van der Waals surface area contributed by atoms with Crippen LogP contribution in [0, 0.1) is 6.92 Å². The summed E-state index contributed by atoms with van der Waals surface area (Å²) in [6.07, 6.45) is 5.02. The molecule has 2 heterocycles. The summed E-state index contributed by atoms with van der Waals surface area (Å²) in [7, 11) is 1.65. The third-order valence-corrected chi connectivity index (χ3v) is 5.00. The van der Waals surface area contributed by atoms with E-state index in [1.54, 1.807) is 18.0 Å². The molecular weight excluding hydrogens is 380 g/mol. The third kappa shape index (κ3) is 5.04. The lowest BCUT2D eigenvalue weighted by Crippen LogP contribution is -2.54. The molecule has 3 rings (SSSR count). The second kappa shape index (κ2) is 10.5. The molecule has 1 saturated heterocycles. The molecule has 1 fully saturated rings. The molecule has 0 radical (unpaired) electrons. The number of amides is 1. The number of rotatable bonds is 8. The summed E-state index contributed by atoms with van der Waals surface area (Å²) in [6, 6.07) is 7.88. The molecule has 1 aliphatic rings. The minimum Gasteiger partial charge on any atom is -0.491 e. The summed E-state index contributed by atoms with van der Waals surface area (Å²) in [5.74, 6) is 0.780. The summed E-state index contributed by atoms with van der Waals surface area (Å²) in [5.41, 5.74) is 1.43. The smallest absolute Gasteiger partial charge is 0.248 e. The maximum Gasteiger partial charge on any atom is 0.248 e. The number of carbonyl (C=O) groups is 1. The first-order valence-electron chi connectivity index (χ1n) is 9.36. The van der Waals surface area contributed by atoms with E-state index in [0.29, 0.717) is 32.6 Å². The number of hydrogen-bond donors (Lipinski definition) is 2. The van der Waals surface area contributed by atoms with Crippen molar-refractivity contribution in [1.82, 2.24) is 20.4 Å². The maximum absolute atomic E-state index is 13.2. The topological polar surface area (TPSA) is 77.4 Å². The van der Waals surface area contributed by atoms with Gasteiger partial charge in [0.05, 0.1) is 6.61 Å². The number of aryl methyl sites for hydroxylation is 1. The number of benzene rings is 1. The van der Waals surface area contributed by atoms with E-state index in [-0.39, 0.29) is 18.3 Å². The van der Waals surface area contributed by atoms with Gasteiger partial charge in [0.15, 0.2) is 0 Å². The molecule has 1 aromatic heterocycles. The molecule has 1 aromatic carbocycles. The van der Waals surface area contributed by atoms with Crippen molar-refractivity contribution < 1.29 is 14.3 Å². The second-order valence-electron chi connectivity index (χ2n) is 6.87. The molecule has 2 aromatic rings. The number of carbonyl (C=O) groups excluding carboxylic acids is 1. The molecule has 0 aliphatic carbocycles. The van der Waals surface area contributed by atoms with Crippen LogP contribution in [0.5, 0.6) is 5.75 Å². The zero-order valence-corrected chi connectivity index (χ0v) is 17.3. The summed E-state index contributed by atoms with van der Waals surface area (Å²) < 4.78 is 12.7. The van der Waals surface area contributed by atoms with Gasteiger partial charge in [-0.3, -0.25) is 9.48 Å². The van der Waals surface area contributed by atoms with E-state index in [1.807, 2.05) is 37.4 Å². The van der Waals surface area contributed by atoms with Crippen molar-refractivity contribution in [3.8, 4) is 5.75 Å². The number of aromatic nitrogens is 2. The molecule has 0 atom stereocenters. The largest absolute Gasteiger partial charge is 0.491 e. The van der Waals surface area contributed by atoms with Crippen molar-refractivity contribution in [2.45, 2.75) is 31.8 Å². The van der Waals surface area contributed by atoms with Crippen molar-refractivity contribution in [2.24, 2.45) is 0 Å². The van der Waals surface area contributed by atoms with Crippen molar-refractivity contribution >= 4 is 18.3 Å². The Balaban J connectivity index is 0.00000280. The Kier molecular flexibility index (Phi) is 8.29. The van der Waals surface area contributed by atoms with Gasteiger partial charge >= 0.3 is 0 Å². The Hall–Kier alpha value is -2.09. The fourth-order valence-corrected chi connectivity index (χ4v) is 3.44. The highest BCUT2D eigenvalue weighted by Crippen LogP contribution is 2.28.